The van der Waals surface area contributed by atoms with Crippen LogP contribution in [0.2, 0.25) is 0 Å². The smallest absolute Gasteiger partial charge is 0.255 e. The molecule has 1 aromatic carbocycles. The molecule has 0 aliphatic carbocycles. The van der Waals surface area contributed by atoms with Gasteiger partial charge < -0.3 is 15.0 Å². The van der Waals surface area contributed by atoms with E-state index in [1.54, 1.807) is 18.6 Å². The van der Waals surface area contributed by atoms with Crippen molar-refractivity contribution in [1.29, 1.82) is 0 Å². The third kappa shape index (κ3) is 4.46. The van der Waals surface area contributed by atoms with E-state index in [0.717, 1.165) is 53.5 Å². The number of aryl methyl sites for hydroxylation is 2. The summed E-state index contributed by atoms with van der Waals surface area (Å²) in [6.07, 6.45) is 4.05. The molecule has 1 aliphatic rings. The predicted molar refractivity (Wildman–Crippen MR) is 117 cm³/mol. The van der Waals surface area contributed by atoms with E-state index in [2.05, 4.69) is 25.2 Å². The maximum absolute atomic E-state index is 12.7. The highest BCUT2D eigenvalue weighted by molar-refractivity contribution is 6.04. The van der Waals surface area contributed by atoms with Gasteiger partial charge >= 0.3 is 0 Å². The number of morpholine rings is 1. The van der Waals surface area contributed by atoms with Crippen LogP contribution in [-0.4, -0.2) is 47.2 Å². The van der Waals surface area contributed by atoms with Crippen molar-refractivity contribution in [3.8, 4) is 11.3 Å². The summed E-state index contributed by atoms with van der Waals surface area (Å²) in [7, 11) is 0. The minimum atomic E-state index is -0.154. The third-order valence-electron chi connectivity index (χ3n) is 5.20. The molecule has 3 heterocycles. The fourth-order valence-electron chi connectivity index (χ4n) is 3.45. The number of rotatable bonds is 5. The predicted octanol–water partition coefficient (Wildman–Crippen LogP) is 3.50. The minimum Gasteiger partial charge on any atom is -0.378 e. The Bertz CT molecular complexity index is 1050. The Morgan fingerprint density at radius 2 is 1.93 bits per heavy atom. The number of benzene rings is 1. The first-order chi connectivity index (χ1) is 14.6. The van der Waals surface area contributed by atoms with Gasteiger partial charge in [0.25, 0.3) is 5.91 Å². The monoisotopic (exact) mass is 403 g/mol. The van der Waals surface area contributed by atoms with Gasteiger partial charge in [0.1, 0.15) is 12.1 Å². The molecule has 0 spiro atoms. The summed E-state index contributed by atoms with van der Waals surface area (Å²) in [5, 5.41) is 2.99. The highest BCUT2D eigenvalue weighted by Crippen LogP contribution is 2.27. The molecule has 1 amide bonds. The summed E-state index contributed by atoms with van der Waals surface area (Å²) >= 11 is 0. The number of anilines is 2. The Labute approximate surface area is 176 Å². The Morgan fingerprint density at radius 3 is 2.73 bits per heavy atom. The van der Waals surface area contributed by atoms with Crippen LogP contribution >= 0.6 is 0 Å². The standard InChI is InChI=1S/C23H25N5O2/c1-3-18-12-17(6-7-24-18)23(29)27-19-5-4-16(2)20(13-19)21-14-22(26-15-25-21)28-8-10-30-11-9-28/h4-7,12-15H,3,8-11H2,1-2H3,(H,27,29). The number of hydrogen-bond donors (Lipinski definition) is 1. The van der Waals surface area contributed by atoms with Crippen LogP contribution in [0.5, 0.6) is 0 Å². The van der Waals surface area contributed by atoms with E-state index in [9.17, 15) is 4.79 Å². The number of carbonyl (C=O) groups excluding carboxylic acids is 1. The summed E-state index contributed by atoms with van der Waals surface area (Å²) < 4.78 is 5.43. The molecule has 1 N–H and O–H groups in total. The molecule has 3 aromatic rings. The van der Waals surface area contributed by atoms with Crippen LogP contribution in [0.1, 0.15) is 28.5 Å². The van der Waals surface area contributed by atoms with Crippen molar-refractivity contribution in [3.05, 3.63) is 65.7 Å². The molecule has 0 bridgehead atoms. The number of ether oxygens (including phenoxy) is 1. The quantitative estimate of drug-likeness (QED) is 0.702. The Hall–Kier alpha value is -3.32. The highest BCUT2D eigenvalue weighted by atomic mass is 16.5. The molecule has 2 aromatic heterocycles. The normalized spacial score (nSPS) is 13.9. The van der Waals surface area contributed by atoms with Gasteiger partial charge in [0.2, 0.25) is 0 Å². The van der Waals surface area contributed by atoms with Crippen molar-refractivity contribution in [2.75, 3.05) is 36.5 Å². The summed E-state index contributed by atoms with van der Waals surface area (Å²) in [6.45, 7) is 7.09. The van der Waals surface area contributed by atoms with Crippen LogP contribution < -0.4 is 10.2 Å². The second-order valence-corrected chi connectivity index (χ2v) is 7.23. The number of nitrogens with zero attached hydrogens (tertiary/aromatic N) is 4. The lowest BCUT2D eigenvalue weighted by Crippen LogP contribution is -2.36. The zero-order valence-corrected chi connectivity index (χ0v) is 17.3. The van der Waals surface area contributed by atoms with Crippen LogP contribution in [-0.2, 0) is 11.2 Å². The van der Waals surface area contributed by atoms with Gasteiger partial charge in [-0.3, -0.25) is 9.78 Å². The van der Waals surface area contributed by atoms with E-state index in [-0.39, 0.29) is 5.91 Å². The zero-order valence-electron chi connectivity index (χ0n) is 17.3. The molecular formula is C23H25N5O2. The van der Waals surface area contributed by atoms with Gasteiger partial charge in [-0.15, -0.1) is 0 Å². The largest absolute Gasteiger partial charge is 0.378 e. The summed E-state index contributed by atoms with van der Waals surface area (Å²) in [4.78, 5) is 28.0. The van der Waals surface area contributed by atoms with E-state index >= 15 is 0 Å². The molecule has 30 heavy (non-hydrogen) atoms. The zero-order chi connectivity index (χ0) is 20.9. The molecule has 0 radical (unpaired) electrons. The van der Waals surface area contributed by atoms with Gasteiger partial charge in [0.15, 0.2) is 0 Å². The van der Waals surface area contributed by atoms with Crippen LogP contribution in [0.4, 0.5) is 11.5 Å². The molecule has 4 rings (SSSR count). The van der Waals surface area contributed by atoms with Gasteiger partial charge in [-0.1, -0.05) is 13.0 Å². The number of carbonyl (C=O) groups is 1. The van der Waals surface area contributed by atoms with Crippen LogP contribution in [0.15, 0.2) is 48.9 Å². The van der Waals surface area contributed by atoms with Crippen molar-refractivity contribution in [2.24, 2.45) is 0 Å². The van der Waals surface area contributed by atoms with E-state index in [4.69, 9.17) is 4.74 Å². The lowest BCUT2D eigenvalue weighted by atomic mass is 10.0. The topological polar surface area (TPSA) is 80.2 Å². The van der Waals surface area contributed by atoms with Crippen molar-refractivity contribution >= 4 is 17.4 Å². The number of hydrogen-bond acceptors (Lipinski definition) is 6. The van der Waals surface area contributed by atoms with Gasteiger partial charge in [-0.2, -0.15) is 0 Å². The number of aromatic nitrogens is 3. The molecule has 1 saturated heterocycles. The number of nitrogens with one attached hydrogen (secondary N) is 1. The molecular weight excluding hydrogens is 378 g/mol. The molecule has 1 fully saturated rings. The SMILES string of the molecule is CCc1cc(C(=O)Nc2ccc(C)c(-c3cc(N4CCOCC4)ncn3)c2)ccn1. The Kier molecular flexibility index (Phi) is 5.99. The summed E-state index contributed by atoms with van der Waals surface area (Å²) in [5.41, 5.74) is 5.09. The van der Waals surface area contributed by atoms with Crippen LogP contribution in [0, 0.1) is 6.92 Å². The van der Waals surface area contributed by atoms with Crippen molar-refractivity contribution in [2.45, 2.75) is 20.3 Å². The Morgan fingerprint density at radius 1 is 1.10 bits per heavy atom. The van der Waals surface area contributed by atoms with Gasteiger partial charge in [0, 0.05) is 47.9 Å². The van der Waals surface area contributed by atoms with Crippen LogP contribution in [0.25, 0.3) is 11.3 Å². The second-order valence-electron chi connectivity index (χ2n) is 7.23. The van der Waals surface area contributed by atoms with Gasteiger partial charge in [-0.05, 0) is 43.2 Å². The molecule has 0 unspecified atom stereocenters. The fraction of sp³-hybridized carbons (Fsp3) is 0.304. The fourth-order valence-corrected chi connectivity index (χ4v) is 3.45. The maximum Gasteiger partial charge on any atom is 0.255 e. The van der Waals surface area contributed by atoms with Gasteiger partial charge in [0.05, 0.1) is 18.9 Å². The molecule has 0 atom stereocenters. The molecule has 1 aliphatic heterocycles. The average Bonchev–Trinajstić information content (AvgIpc) is 2.81. The van der Waals surface area contributed by atoms with Crippen molar-refractivity contribution in [3.63, 3.8) is 0 Å². The molecule has 7 heteroatoms. The lowest BCUT2D eigenvalue weighted by molar-refractivity contribution is 0.102. The van der Waals surface area contributed by atoms with Crippen LogP contribution in [0.3, 0.4) is 0 Å². The first-order valence-electron chi connectivity index (χ1n) is 10.2. The second kappa shape index (κ2) is 9.00. The first-order valence-corrected chi connectivity index (χ1v) is 10.2. The molecule has 7 nitrogen and oxygen atoms in total. The van der Waals surface area contributed by atoms with E-state index < -0.39 is 0 Å². The third-order valence-corrected chi connectivity index (χ3v) is 5.20. The van der Waals surface area contributed by atoms with Crippen molar-refractivity contribution in [1.82, 2.24) is 15.0 Å². The lowest BCUT2D eigenvalue weighted by Gasteiger charge is -2.27. The highest BCUT2D eigenvalue weighted by Gasteiger charge is 2.15. The minimum absolute atomic E-state index is 0.154. The summed E-state index contributed by atoms with van der Waals surface area (Å²) in [6, 6.07) is 11.4. The first kappa shape index (κ1) is 20.0. The Balaban J connectivity index is 1.58. The number of amides is 1. The van der Waals surface area contributed by atoms with Crippen molar-refractivity contribution < 1.29 is 9.53 Å². The van der Waals surface area contributed by atoms with Gasteiger partial charge in [-0.25, -0.2) is 9.97 Å². The molecule has 154 valence electrons. The van der Waals surface area contributed by atoms with E-state index in [1.165, 1.54) is 0 Å². The van der Waals surface area contributed by atoms with E-state index in [0.29, 0.717) is 18.8 Å². The number of pyridine rings is 1. The molecule has 0 saturated carbocycles. The maximum atomic E-state index is 12.7. The summed E-state index contributed by atoms with van der Waals surface area (Å²) in [5.74, 6) is 0.736. The average molecular weight is 403 g/mol. The van der Waals surface area contributed by atoms with E-state index in [1.807, 2.05) is 44.2 Å².